The molecule has 1 fully saturated rings. The largest absolute Gasteiger partial charge is 0.451 e. The fraction of sp³-hybridized carbons (Fsp3) is 0.333. The van der Waals surface area contributed by atoms with Crippen LogP contribution in [-0.4, -0.2) is 39.3 Å². The first-order valence-corrected chi connectivity index (χ1v) is 12.0. The molecule has 1 aliphatic carbocycles. The first kappa shape index (κ1) is 25.6. The Kier molecular flexibility index (Phi) is 6.77. The zero-order valence-corrected chi connectivity index (χ0v) is 18.9. The fourth-order valence-corrected chi connectivity index (χ4v) is 5.72. The number of carbonyl (C=O) groups is 1. The van der Waals surface area contributed by atoms with E-state index in [1.165, 1.54) is 0 Å². The number of amides is 1. The van der Waals surface area contributed by atoms with Crippen LogP contribution in [0.2, 0.25) is 0 Å². The third-order valence-corrected chi connectivity index (χ3v) is 8.02. The Morgan fingerprint density at radius 1 is 1.11 bits per heavy atom. The zero-order valence-electron chi connectivity index (χ0n) is 18.1. The average Bonchev–Trinajstić information content (AvgIpc) is 3.21. The van der Waals surface area contributed by atoms with Crippen LogP contribution in [0.5, 0.6) is 0 Å². The van der Waals surface area contributed by atoms with Crippen LogP contribution in [0.25, 0.3) is 5.69 Å². The van der Waals surface area contributed by atoms with Crippen molar-refractivity contribution < 1.29 is 39.6 Å². The quantitative estimate of drug-likeness (QED) is 0.367. The van der Waals surface area contributed by atoms with Crippen molar-refractivity contribution in [2.75, 3.05) is 0 Å². The van der Waals surface area contributed by atoms with Crippen LogP contribution in [0.15, 0.2) is 47.8 Å². The average molecular weight is 533 g/mol. The number of hydrogen-bond acceptors (Lipinski definition) is 6. The van der Waals surface area contributed by atoms with Gasteiger partial charge >= 0.3 is 6.18 Å². The molecule has 3 aromatic rings. The number of hydrogen-bond donors (Lipinski definition) is 1. The Balaban J connectivity index is 1.47. The van der Waals surface area contributed by atoms with Crippen molar-refractivity contribution in [1.29, 1.82) is 0 Å². The van der Waals surface area contributed by atoms with Gasteiger partial charge in [0.2, 0.25) is 11.7 Å². The van der Waals surface area contributed by atoms with E-state index in [0.29, 0.717) is 0 Å². The lowest BCUT2D eigenvalue weighted by Crippen LogP contribution is -2.47. The summed E-state index contributed by atoms with van der Waals surface area (Å²) < 4.78 is 105. The Labute approximate surface area is 200 Å². The van der Waals surface area contributed by atoms with Crippen molar-refractivity contribution in [3.05, 3.63) is 65.8 Å². The first-order valence-electron chi connectivity index (χ1n) is 10.4. The van der Waals surface area contributed by atoms with E-state index in [4.69, 9.17) is 0 Å². The van der Waals surface area contributed by atoms with Gasteiger partial charge in [-0.15, -0.1) is 0 Å². The highest BCUT2D eigenvalue weighted by molar-refractivity contribution is 7.92. The molecule has 1 N–H and O–H groups in total. The van der Waals surface area contributed by atoms with Crippen molar-refractivity contribution in [2.24, 2.45) is 5.92 Å². The molecule has 1 aromatic carbocycles. The lowest BCUT2D eigenvalue weighted by molar-refractivity contribution is -0.145. The van der Waals surface area contributed by atoms with Crippen molar-refractivity contribution in [1.82, 2.24) is 25.1 Å². The van der Waals surface area contributed by atoms with E-state index in [0.717, 1.165) is 47.5 Å². The van der Waals surface area contributed by atoms with Gasteiger partial charge in [0.05, 0.1) is 28.5 Å². The maximum Gasteiger partial charge on any atom is 0.451 e. The van der Waals surface area contributed by atoms with Crippen molar-refractivity contribution in [2.45, 2.75) is 42.1 Å². The molecule has 4 rings (SSSR count). The van der Waals surface area contributed by atoms with E-state index < -0.39 is 63.4 Å². The second-order valence-corrected chi connectivity index (χ2v) is 10.2. The smallest absolute Gasteiger partial charge is 0.352 e. The monoisotopic (exact) mass is 533 g/mol. The van der Waals surface area contributed by atoms with E-state index in [2.05, 4.69) is 20.4 Å². The van der Waals surface area contributed by atoms with E-state index in [1.807, 2.05) is 0 Å². The Morgan fingerprint density at radius 3 is 2.28 bits per heavy atom. The van der Waals surface area contributed by atoms with Crippen LogP contribution in [-0.2, 0) is 27.4 Å². The summed E-state index contributed by atoms with van der Waals surface area (Å²) in [6.07, 6.45) is -4.78. The Morgan fingerprint density at radius 2 is 1.75 bits per heavy atom. The van der Waals surface area contributed by atoms with Crippen molar-refractivity contribution >= 4 is 15.7 Å². The molecule has 8 nitrogen and oxygen atoms in total. The van der Waals surface area contributed by atoms with E-state index in [-0.39, 0.29) is 29.0 Å². The topological polar surface area (TPSA) is 107 Å². The molecule has 1 aliphatic rings. The van der Waals surface area contributed by atoms with Gasteiger partial charge in [0.15, 0.2) is 9.84 Å². The van der Waals surface area contributed by atoms with Crippen LogP contribution >= 0.6 is 0 Å². The second-order valence-electron chi connectivity index (χ2n) is 7.99. The second kappa shape index (κ2) is 9.52. The van der Waals surface area contributed by atoms with Crippen LogP contribution < -0.4 is 5.32 Å². The molecule has 0 saturated heterocycles. The first-order chi connectivity index (χ1) is 16.9. The summed E-state index contributed by atoms with van der Waals surface area (Å²) in [5.41, 5.74) is -0.971. The summed E-state index contributed by atoms with van der Waals surface area (Å²) in [5, 5.41) is 5.03. The molecule has 0 spiro atoms. The number of carbonyl (C=O) groups excluding carboxylic acids is 1. The van der Waals surface area contributed by atoms with Crippen LogP contribution in [0, 0.1) is 11.7 Å². The Hall–Kier alpha value is -3.49. The number of nitrogens with zero attached hydrogens (tertiary/aromatic N) is 4. The van der Waals surface area contributed by atoms with Crippen molar-refractivity contribution in [3.63, 3.8) is 0 Å². The highest BCUT2D eigenvalue weighted by Gasteiger charge is 2.45. The number of nitrogens with one attached hydrogen (secondary N) is 1. The molecule has 2 heterocycles. The van der Waals surface area contributed by atoms with Gasteiger partial charge in [-0.1, -0.05) is 0 Å². The predicted molar refractivity (Wildman–Crippen MR) is 111 cm³/mol. The Bertz CT molecular complexity index is 1360. The third kappa shape index (κ3) is 5.05. The van der Waals surface area contributed by atoms with Gasteiger partial charge in [-0.05, 0) is 37.1 Å². The minimum atomic E-state index is -4.78. The standard InChI is InChI=1S/C21H17F6N5O3S/c22-12-1-3-14(4-2-12)36(34,35)16-6-5-15(16)19(33)28-7-11-10-32(31-17(11)18(23)24)13-8-29-20(30-9-13)21(25,26)27/h1-4,8-10,15-16,18H,5-7H2,(H,28,33)/t15-,16?/m1/s1. The fourth-order valence-electron chi connectivity index (χ4n) is 3.71. The lowest BCUT2D eigenvalue weighted by atomic mass is 9.84. The molecule has 2 aromatic heterocycles. The van der Waals surface area contributed by atoms with Gasteiger partial charge in [0.25, 0.3) is 6.43 Å². The summed E-state index contributed by atoms with van der Waals surface area (Å²) in [6, 6.07) is 4.19. The van der Waals surface area contributed by atoms with Gasteiger partial charge in [0.1, 0.15) is 17.2 Å². The van der Waals surface area contributed by atoms with Gasteiger partial charge in [-0.2, -0.15) is 18.3 Å². The van der Waals surface area contributed by atoms with E-state index in [9.17, 15) is 39.6 Å². The maximum absolute atomic E-state index is 13.5. The molecule has 0 radical (unpaired) electrons. The molecular weight excluding hydrogens is 516 g/mol. The van der Waals surface area contributed by atoms with Crippen LogP contribution in [0.1, 0.15) is 36.3 Å². The van der Waals surface area contributed by atoms with Crippen molar-refractivity contribution in [3.8, 4) is 5.69 Å². The zero-order chi connectivity index (χ0) is 26.3. The highest BCUT2D eigenvalue weighted by atomic mass is 32.2. The number of alkyl halides is 5. The molecule has 15 heteroatoms. The normalized spacial score (nSPS) is 18.2. The number of aromatic nitrogens is 4. The predicted octanol–water partition coefficient (Wildman–Crippen LogP) is 3.63. The molecule has 36 heavy (non-hydrogen) atoms. The number of rotatable bonds is 7. The summed E-state index contributed by atoms with van der Waals surface area (Å²) in [5.74, 6) is -3.64. The highest BCUT2D eigenvalue weighted by Crippen LogP contribution is 2.37. The summed E-state index contributed by atoms with van der Waals surface area (Å²) in [7, 11) is -3.92. The molecular formula is C21H17F6N5O3S. The SMILES string of the molecule is O=C(NCc1cn(-c2cnc(C(F)(F)F)nc2)nc1C(F)F)[C@@H]1CCC1S(=O)(=O)c1ccc(F)cc1. The third-order valence-electron chi connectivity index (χ3n) is 5.73. The number of halogens is 6. The maximum atomic E-state index is 13.5. The van der Waals surface area contributed by atoms with E-state index >= 15 is 0 Å². The summed E-state index contributed by atoms with van der Waals surface area (Å²) >= 11 is 0. The molecule has 192 valence electrons. The summed E-state index contributed by atoms with van der Waals surface area (Å²) in [6.45, 7) is -0.431. The van der Waals surface area contributed by atoms with Crippen LogP contribution in [0.4, 0.5) is 26.3 Å². The van der Waals surface area contributed by atoms with Gasteiger partial charge < -0.3 is 5.32 Å². The molecule has 2 atom stereocenters. The lowest BCUT2D eigenvalue weighted by Gasteiger charge is -2.34. The van der Waals surface area contributed by atoms with Gasteiger partial charge in [0, 0.05) is 18.3 Å². The molecule has 0 aliphatic heterocycles. The van der Waals surface area contributed by atoms with Gasteiger partial charge in [-0.3, -0.25) is 4.79 Å². The minimum Gasteiger partial charge on any atom is -0.352 e. The molecule has 1 unspecified atom stereocenters. The van der Waals surface area contributed by atoms with E-state index in [1.54, 1.807) is 0 Å². The minimum absolute atomic E-state index is 0.119. The summed E-state index contributed by atoms with van der Waals surface area (Å²) in [4.78, 5) is 18.8. The molecule has 1 amide bonds. The molecule has 0 bridgehead atoms. The number of benzene rings is 1. The molecule has 1 saturated carbocycles. The number of sulfone groups is 1. The van der Waals surface area contributed by atoms with Gasteiger partial charge in [-0.25, -0.2) is 36.2 Å². The van der Waals surface area contributed by atoms with Crippen LogP contribution in [0.3, 0.4) is 0 Å².